The molecule has 28 heavy (non-hydrogen) atoms. The molecule has 0 saturated carbocycles. The van der Waals surface area contributed by atoms with Gasteiger partial charge in [0.2, 0.25) is 12.3 Å². The van der Waals surface area contributed by atoms with Crippen LogP contribution in [-0.4, -0.2) is 31.5 Å². The van der Waals surface area contributed by atoms with Crippen molar-refractivity contribution in [1.82, 2.24) is 10.6 Å². The predicted octanol–water partition coefficient (Wildman–Crippen LogP) is 0.999. The van der Waals surface area contributed by atoms with Gasteiger partial charge in [-0.1, -0.05) is 12.2 Å². The summed E-state index contributed by atoms with van der Waals surface area (Å²) in [6.45, 7) is 3.46. The zero-order valence-electron chi connectivity index (χ0n) is 15.7. The highest BCUT2D eigenvalue weighted by Crippen LogP contribution is 2.23. The van der Waals surface area contributed by atoms with E-state index in [9.17, 15) is 14.4 Å². The zero-order chi connectivity index (χ0) is 20.9. The van der Waals surface area contributed by atoms with Crippen molar-refractivity contribution in [1.29, 1.82) is 0 Å². The molecule has 1 rings (SSSR count). The van der Waals surface area contributed by atoms with Gasteiger partial charge in [0, 0.05) is 17.8 Å². The van der Waals surface area contributed by atoms with Crippen LogP contribution in [0.1, 0.15) is 13.8 Å². The molecule has 0 aromatic heterocycles. The first-order chi connectivity index (χ1) is 13.4. The third kappa shape index (κ3) is 7.65. The van der Waals surface area contributed by atoms with E-state index in [1.807, 2.05) is 0 Å². The molecule has 0 spiro atoms. The van der Waals surface area contributed by atoms with Gasteiger partial charge >= 0.3 is 5.97 Å². The van der Waals surface area contributed by atoms with Gasteiger partial charge < -0.3 is 31.6 Å². The summed E-state index contributed by atoms with van der Waals surface area (Å²) in [6, 6.07) is 4.82. The number of nitrogens with two attached hydrogens (primary N) is 2. The number of carbonyl (C=O) groups excluding carboxylic acids is 3. The molecule has 0 unspecified atom stereocenters. The monoisotopic (exact) mass is 388 g/mol. The normalized spacial score (nSPS) is 11.8. The van der Waals surface area contributed by atoms with Crippen molar-refractivity contribution in [2.45, 2.75) is 13.8 Å². The molecule has 0 atom stereocenters. The van der Waals surface area contributed by atoms with E-state index in [4.69, 9.17) is 20.9 Å². The van der Waals surface area contributed by atoms with Gasteiger partial charge in [-0.2, -0.15) is 0 Å². The fourth-order valence-electron chi connectivity index (χ4n) is 2.03. The molecule has 0 bridgehead atoms. The molecule has 9 heteroatoms. The molecule has 0 saturated heterocycles. The van der Waals surface area contributed by atoms with Crippen LogP contribution in [0.2, 0.25) is 0 Å². The van der Waals surface area contributed by atoms with Crippen LogP contribution < -0.4 is 26.8 Å². The highest BCUT2D eigenvalue weighted by molar-refractivity contribution is 5.95. The summed E-state index contributed by atoms with van der Waals surface area (Å²) in [4.78, 5) is 34.1. The first-order valence-corrected chi connectivity index (χ1v) is 8.38. The minimum absolute atomic E-state index is 0.0271. The second-order valence-corrected chi connectivity index (χ2v) is 5.30. The van der Waals surface area contributed by atoms with Crippen molar-refractivity contribution < 1.29 is 23.9 Å². The van der Waals surface area contributed by atoms with Gasteiger partial charge in [-0.3, -0.25) is 9.59 Å². The van der Waals surface area contributed by atoms with Crippen LogP contribution in [0.15, 0.2) is 53.9 Å². The minimum atomic E-state index is -0.705. The van der Waals surface area contributed by atoms with Gasteiger partial charge in [0.05, 0.1) is 17.1 Å². The highest BCUT2D eigenvalue weighted by Gasteiger charge is 2.07. The topological polar surface area (TPSA) is 146 Å². The number of benzene rings is 1. The first-order valence-electron chi connectivity index (χ1n) is 8.38. The van der Waals surface area contributed by atoms with Gasteiger partial charge in [-0.25, -0.2) is 4.79 Å². The van der Waals surface area contributed by atoms with Crippen molar-refractivity contribution >= 4 is 29.7 Å². The Morgan fingerprint density at radius 3 is 2.39 bits per heavy atom. The average Bonchev–Trinajstić information content (AvgIpc) is 2.67. The molecule has 9 nitrogen and oxygen atoms in total. The maximum Gasteiger partial charge on any atom is 0.331 e. The Balaban J connectivity index is 2.42. The van der Waals surface area contributed by atoms with Crippen LogP contribution in [-0.2, 0) is 19.1 Å². The molecular formula is C19H24N4O5. The van der Waals surface area contributed by atoms with E-state index < -0.39 is 11.9 Å². The number of rotatable bonds is 10. The van der Waals surface area contributed by atoms with E-state index in [1.54, 1.807) is 44.2 Å². The third-order valence-electron chi connectivity index (χ3n) is 3.33. The smallest absolute Gasteiger partial charge is 0.331 e. The van der Waals surface area contributed by atoms with E-state index in [0.717, 1.165) is 12.2 Å². The molecule has 0 aliphatic carbocycles. The lowest BCUT2D eigenvalue weighted by Gasteiger charge is -2.10. The lowest BCUT2D eigenvalue weighted by Crippen LogP contribution is -2.26. The van der Waals surface area contributed by atoms with Crippen molar-refractivity contribution in [2.24, 2.45) is 0 Å². The maximum atomic E-state index is 11.9. The molecule has 1 aromatic carbocycles. The van der Waals surface area contributed by atoms with Gasteiger partial charge in [0.15, 0.2) is 0 Å². The van der Waals surface area contributed by atoms with Crippen LogP contribution in [0.4, 0.5) is 11.4 Å². The Labute approximate surface area is 163 Å². The average molecular weight is 388 g/mol. The SMILES string of the molecule is C/C=C(NC=O)\C(=C/C)NC(=O)/C=C/C(=O)OCCOc1ccc(N)cc1N. The Morgan fingerprint density at radius 2 is 1.79 bits per heavy atom. The Bertz CT molecular complexity index is 800. The van der Waals surface area contributed by atoms with Gasteiger partial charge in [-0.15, -0.1) is 0 Å². The molecule has 0 radical (unpaired) electrons. The summed E-state index contributed by atoms with van der Waals surface area (Å²) >= 11 is 0. The number of nitrogens with one attached hydrogen (secondary N) is 2. The van der Waals surface area contributed by atoms with Crippen LogP contribution in [0, 0.1) is 0 Å². The van der Waals surface area contributed by atoms with E-state index in [1.165, 1.54) is 0 Å². The molecule has 6 N–H and O–H groups in total. The fraction of sp³-hybridized carbons (Fsp3) is 0.211. The standard InChI is InChI=1S/C19H24N4O5/c1-3-15(22-12-24)16(4-2)23-18(25)7-8-19(26)28-10-9-27-17-6-5-13(20)11-14(17)21/h3-8,11-12H,9-10,20-21H2,1-2H3,(H,22,24)(H,23,25)/b8-7+,15-3+,16-4+. The molecule has 1 aromatic rings. The molecular weight excluding hydrogens is 364 g/mol. The van der Waals surface area contributed by atoms with E-state index in [2.05, 4.69) is 10.6 Å². The summed E-state index contributed by atoms with van der Waals surface area (Å²) in [7, 11) is 0. The number of carbonyl (C=O) groups is 3. The van der Waals surface area contributed by atoms with Gasteiger partial charge in [-0.05, 0) is 32.0 Å². The number of hydrogen-bond acceptors (Lipinski definition) is 7. The lowest BCUT2D eigenvalue weighted by atomic mass is 10.2. The zero-order valence-corrected chi connectivity index (χ0v) is 15.7. The Morgan fingerprint density at radius 1 is 1.07 bits per heavy atom. The molecule has 0 heterocycles. The summed E-state index contributed by atoms with van der Waals surface area (Å²) in [6.07, 6.45) is 5.74. The lowest BCUT2D eigenvalue weighted by molar-refractivity contribution is -0.138. The van der Waals surface area contributed by atoms with Crippen LogP contribution in [0.25, 0.3) is 0 Å². The highest BCUT2D eigenvalue weighted by atomic mass is 16.6. The molecule has 0 fully saturated rings. The first kappa shape index (κ1) is 22.3. The number of nitrogen functional groups attached to an aromatic ring is 2. The second kappa shape index (κ2) is 11.8. The number of esters is 1. The number of anilines is 2. The minimum Gasteiger partial charge on any atom is -0.488 e. The Kier molecular flexibility index (Phi) is 9.38. The summed E-state index contributed by atoms with van der Waals surface area (Å²) in [5.41, 5.74) is 13.1. The van der Waals surface area contributed by atoms with Crippen LogP contribution in [0.3, 0.4) is 0 Å². The third-order valence-corrected chi connectivity index (χ3v) is 3.33. The molecule has 2 amide bonds. The van der Waals surface area contributed by atoms with E-state index in [0.29, 0.717) is 34.9 Å². The summed E-state index contributed by atoms with van der Waals surface area (Å²) in [5.74, 6) is -0.825. The summed E-state index contributed by atoms with van der Waals surface area (Å²) < 4.78 is 10.3. The predicted molar refractivity (Wildman–Crippen MR) is 106 cm³/mol. The van der Waals surface area contributed by atoms with Crippen molar-refractivity contribution in [3.63, 3.8) is 0 Å². The van der Waals surface area contributed by atoms with Crippen LogP contribution >= 0.6 is 0 Å². The fourth-order valence-corrected chi connectivity index (χ4v) is 2.03. The number of ether oxygens (including phenoxy) is 2. The van der Waals surface area contributed by atoms with Crippen molar-refractivity contribution in [3.8, 4) is 5.75 Å². The number of amides is 2. The van der Waals surface area contributed by atoms with Gasteiger partial charge in [0.1, 0.15) is 19.0 Å². The molecule has 0 aliphatic heterocycles. The van der Waals surface area contributed by atoms with Crippen molar-refractivity contribution in [2.75, 3.05) is 24.7 Å². The number of allylic oxidation sites excluding steroid dienone is 2. The molecule has 0 aliphatic rings. The Hall–Kier alpha value is -3.75. The largest absolute Gasteiger partial charge is 0.488 e. The maximum absolute atomic E-state index is 11.9. The van der Waals surface area contributed by atoms with Crippen molar-refractivity contribution in [3.05, 3.63) is 53.9 Å². The van der Waals surface area contributed by atoms with Gasteiger partial charge in [0.25, 0.3) is 0 Å². The van der Waals surface area contributed by atoms with E-state index >= 15 is 0 Å². The quantitative estimate of drug-likeness (QED) is 0.117. The van der Waals surface area contributed by atoms with E-state index in [-0.39, 0.29) is 13.2 Å². The molecule has 150 valence electrons. The second-order valence-electron chi connectivity index (χ2n) is 5.30. The number of hydrogen-bond donors (Lipinski definition) is 4. The van der Waals surface area contributed by atoms with Crippen LogP contribution in [0.5, 0.6) is 5.75 Å². The summed E-state index contributed by atoms with van der Waals surface area (Å²) in [5, 5.41) is 5.01.